The van der Waals surface area contributed by atoms with E-state index in [9.17, 15) is 9.59 Å². The van der Waals surface area contributed by atoms with Crippen LogP contribution in [0, 0.1) is 6.92 Å². The molecule has 0 radical (unpaired) electrons. The Morgan fingerprint density at radius 1 is 1.26 bits per heavy atom. The second-order valence-corrected chi connectivity index (χ2v) is 4.32. The topological polar surface area (TPSA) is 75.4 Å². The number of hydrogen-bond acceptors (Lipinski definition) is 3. The van der Waals surface area contributed by atoms with Crippen molar-refractivity contribution in [1.82, 2.24) is 10.2 Å². The fourth-order valence-electron chi connectivity index (χ4n) is 1.73. The Balaban J connectivity index is 2.60. The number of carbonyl (C=O) groups excluding carboxylic acids is 2. The van der Waals surface area contributed by atoms with Crippen LogP contribution in [0.3, 0.4) is 0 Å². The minimum absolute atomic E-state index is 0.00823. The third kappa shape index (κ3) is 3.98. The molecular formula is C14H21N3O2. The van der Waals surface area contributed by atoms with Crippen molar-refractivity contribution in [3.8, 4) is 0 Å². The Kier molecular flexibility index (Phi) is 5.36. The first-order valence-corrected chi connectivity index (χ1v) is 6.41. The number of likely N-dealkylation sites (N-methyl/N-ethyl adjacent to an activating group) is 1. The molecule has 0 fully saturated rings. The van der Waals surface area contributed by atoms with Crippen LogP contribution in [0.4, 0.5) is 5.69 Å². The van der Waals surface area contributed by atoms with Crippen molar-refractivity contribution in [3.05, 3.63) is 29.3 Å². The van der Waals surface area contributed by atoms with E-state index in [1.165, 1.54) is 0 Å². The minimum Gasteiger partial charge on any atom is -0.398 e. The van der Waals surface area contributed by atoms with Crippen molar-refractivity contribution in [1.29, 1.82) is 0 Å². The third-order valence-corrected chi connectivity index (χ3v) is 3.06. The fraction of sp³-hybridized carbons (Fsp3) is 0.429. The normalized spacial score (nSPS) is 10.1. The Bertz CT molecular complexity index is 468. The Hall–Kier alpha value is -2.04. The van der Waals surface area contributed by atoms with Crippen LogP contribution < -0.4 is 11.1 Å². The summed E-state index contributed by atoms with van der Waals surface area (Å²) in [5.41, 5.74) is 7.72. The van der Waals surface area contributed by atoms with E-state index in [4.69, 9.17) is 5.73 Å². The zero-order valence-corrected chi connectivity index (χ0v) is 11.7. The molecule has 0 bridgehead atoms. The summed E-state index contributed by atoms with van der Waals surface area (Å²) in [5.74, 6) is -0.370. The third-order valence-electron chi connectivity index (χ3n) is 3.06. The largest absolute Gasteiger partial charge is 0.398 e. The lowest BCUT2D eigenvalue weighted by Gasteiger charge is -2.18. The summed E-state index contributed by atoms with van der Waals surface area (Å²) in [7, 11) is 0. The Morgan fingerprint density at radius 3 is 2.42 bits per heavy atom. The van der Waals surface area contributed by atoms with Crippen LogP contribution in [0.2, 0.25) is 0 Å². The van der Waals surface area contributed by atoms with Crippen LogP contribution in [0.1, 0.15) is 29.8 Å². The highest BCUT2D eigenvalue weighted by Crippen LogP contribution is 2.12. The maximum absolute atomic E-state index is 11.9. The van der Waals surface area contributed by atoms with Crippen molar-refractivity contribution >= 4 is 17.5 Å². The van der Waals surface area contributed by atoms with E-state index in [0.29, 0.717) is 24.3 Å². The molecular weight excluding hydrogens is 242 g/mol. The first-order chi connectivity index (χ1) is 8.99. The summed E-state index contributed by atoms with van der Waals surface area (Å²) >= 11 is 0. The highest BCUT2D eigenvalue weighted by atomic mass is 16.2. The number of nitrogens with zero attached hydrogens (tertiary/aromatic N) is 1. The fourth-order valence-corrected chi connectivity index (χ4v) is 1.73. The zero-order valence-electron chi connectivity index (χ0n) is 11.7. The summed E-state index contributed by atoms with van der Waals surface area (Å²) in [6.45, 7) is 6.98. The van der Waals surface area contributed by atoms with E-state index < -0.39 is 0 Å². The van der Waals surface area contributed by atoms with E-state index in [0.717, 1.165) is 5.56 Å². The second-order valence-electron chi connectivity index (χ2n) is 4.32. The van der Waals surface area contributed by atoms with Gasteiger partial charge in [0.05, 0.1) is 6.54 Å². The number of hydrogen-bond donors (Lipinski definition) is 2. The molecule has 1 aromatic rings. The Morgan fingerprint density at radius 2 is 1.89 bits per heavy atom. The van der Waals surface area contributed by atoms with Crippen molar-refractivity contribution in [2.45, 2.75) is 20.8 Å². The van der Waals surface area contributed by atoms with E-state index >= 15 is 0 Å². The van der Waals surface area contributed by atoms with Crippen LogP contribution in [0.15, 0.2) is 18.2 Å². The number of nitrogens with two attached hydrogens (primary N) is 1. The molecule has 3 N–H and O–H groups in total. The first-order valence-electron chi connectivity index (χ1n) is 6.41. The average Bonchev–Trinajstić information content (AvgIpc) is 2.40. The molecule has 0 unspecified atom stereocenters. The smallest absolute Gasteiger partial charge is 0.251 e. The van der Waals surface area contributed by atoms with Crippen LogP contribution in [0.25, 0.3) is 0 Å². The number of rotatable bonds is 5. The van der Waals surface area contributed by atoms with Crippen molar-refractivity contribution < 1.29 is 9.59 Å². The number of nitrogens with one attached hydrogen (secondary N) is 1. The van der Waals surface area contributed by atoms with E-state index in [1.807, 2.05) is 20.8 Å². The predicted octanol–water partition coefficient (Wildman–Crippen LogP) is 1.18. The number of anilines is 1. The van der Waals surface area contributed by atoms with Gasteiger partial charge in [0.15, 0.2) is 0 Å². The monoisotopic (exact) mass is 263 g/mol. The van der Waals surface area contributed by atoms with Gasteiger partial charge >= 0.3 is 0 Å². The summed E-state index contributed by atoms with van der Waals surface area (Å²) < 4.78 is 0. The second kappa shape index (κ2) is 6.78. The zero-order chi connectivity index (χ0) is 14.4. The number of amides is 2. The molecule has 0 aliphatic carbocycles. The van der Waals surface area contributed by atoms with Gasteiger partial charge in [-0.15, -0.1) is 0 Å². The van der Waals surface area contributed by atoms with Gasteiger partial charge in [0.2, 0.25) is 5.91 Å². The molecule has 0 aliphatic rings. The minimum atomic E-state index is -0.285. The summed E-state index contributed by atoms with van der Waals surface area (Å²) in [4.78, 5) is 25.3. The lowest BCUT2D eigenvalue weighted by Crippen LogP contribution is -2.40. The van der Waals surface area contributed by atoms with Crippen molar-refractivity contribution in [2.75, 3.05) is 25.4 Å². The molecule has 5 heteroatoms. The lowest BCUT2D eigenvalue weighted by molar-refractivity contribution is -0.129. The molecule has 0 aromatic heterocycles. The predicted molar refractivity (Wildman–Crippen MR) is 75.9 cm³/mol. The van der Waals surface area contributed by atoms with E-state index in [2.05, 4.69) is 5.32 Å². The first kappa shape index (κ1) is 15.0. The molecule has 19 heavy (non-hydrogen) atoms. The van der Waals surface area contributed by atoms with E-state index in [-0.39, 0.29) is 18.4 Å². The number of aryl methyl sites for hydroxylation is 1. The van der Waals surface area contributed by atoms with Gasteiger partial charge in [0, 0.05) is 24.3 Å². The van der Waals surface area contributed by atoms with Gasteiger partial charge in [-0.05, 0) is 38.5 Å². The van der Waals surface area contributed by atoms with Crippen LogP contribution in [-0.2, 0) is 4.79 Å². The van der Waals surface area contributed by atoms with Gasteiger partial charge in [0.25, 0.3) is 5.91 Å². The highest BCUT2D eigenvalue weighted by Gasteiger charge is 2.12. The number of benzene rings is 1. The maximum Gasteiger partial charge on any atom is 0.251 e. The number of carbonyl (C=O) groups is 2. The molecule has 0 aliphatic heterocycles. The van der Waals surface area contributed by atoms with Gasteiger partial charge in [-0.25, -0.2) is 0 Å². The van der Waals surface area contributed by atoms with Crippen LogP contribution >= 0.6 is 0 Å². The molecule has 1 rings (SSSR count). The van der Waals surface area contributed by atoms with Crippen LogP contribution in [-0.4, -0.2) is 36.3 Å². The summed E-state index contributed by atoms with van der Waals surface area (Å²) in [6.07, 6.45) is 0. The quantitative estimate of drug-likeness (QED) is 0.783. The summed E-state index contributed by atoms with van der Waals surface area (Å²) in [5, 5.41) is 2.61. The average molecular weight is 263 g/mol. The molecule has 0 spiro atoms. The molecule has 0 heterocycles. The highest BCUT2D eigenvalue weighted by molar-refractivity contribution is 5.97. The molecule has 0 saturated heterocycles. The summed E-state index contributed by atoms with van der Waals surface area (Å²) in [6, 6.07) is 5.10. The van der Waals surface area contributed by atoms with E-state index in [1.54, 1.807) is 23.1 Å². The standard InChI is InChI=1S/C14H21N3O2/c1-4-17(5-2)13(18)9-16-14(19)11-7-6-10(3)12(15)8-11/h6-8H,4-5,9,15H2,1-3H3,(H,16,19). The molecule has 0 saturated carbocycles. The number of nitrogen functional groups attached to an aromatic ring is 1. The van der Waals surface area contributed by atoms with Gasteiger partial charge in [0.1, 0.15) is 0 Å². The lowest BCUT2D eigenvalue weighted by atomic mass is 10.1. The molecule has 0 atom stereocenters. The Labute approximate surface area is 113 Å². The van der Waals surface area contributed by atoms with Crippen molar-refractivity contribution in [3.63, 3.8) is 0 Å². The molecule has 5 nitrogen and oxygen atoms in total. The van der Waals surface area contributed by atoms with Gasteiger partial charge < -0.3 is 16.0 Å². The SMILES string of the molecule is CCN(CC)C(=O)CNC(=O)c1ccc(C)c(N)c1. The maximum atomic E-state index is 11.9. The van der Waals surface area contributed by atoms with Gasteiger partial charge in [-0.1, -0.05) is 6.07 Å². The molecule has 1 aromatic carbocycles. The van der Waals surface area contributed by atoms with Crippen molar-refractivity contribution in [2.24, 2.45) is 0 Å². The molecule has 2 amide bonds. The van der Waals surface area contributed by atoms with Crippen LogP contribution in [0.5, 0.6) is 0 Å². The molecule has 104 valence electrons. The van der Waals surface area contributed by atoms with Gasteiger partial charge in [-0.3, -0.25) is 9.59 Å². The van der Waals surface area contributed by atoms with Gasteiger partial charge in [-0.2, -0.15) is 0 Å².